The molecule has 0 saturated carbocycles. The molecular weight excluding hydrogens is 240 g/mol. The van der Waals surface area contributed by atoms with Crippen LogP contribution in [0.4, 0.5) is 5.69 Å². The van der Waals surface area contributed by atoms with Crippen molar-refractivity contribution in [2.45, 2.75) is 6.92 Å². The molecular formula is C15H16N2S. The van der Waals surface area contributed by atoms with Crippen LogP contribution in [0.5, 0.6) is 0 Å². The Labute approximate surface area is 113 Å². The van der Waals surface area contributed by atoms with Crippen molar-refractivity contribution in [3.05, 3.63) is 54.6 Å². The summed E-state index contributed by atoms with van der Waals surface area (Å²) in [5.41, 5.74) is 2.07. The zero-order valence-corrected chi connectivity index (χ0v) is 11.2. The van der Waals surface area contributed by atoms with E-state index in [1.165, 1.54) is 10.8 Å². The average Bonchev–Trinajstić information content (AvgIpc) is 2.37. The van der Waals surface area contributed by atoms with E-state index in [-0.39, 0.29) is 0 Å². The van der Waals surface area contributed by atoms with Crippen LogP contribution in [-0.4, -0.2) is 11.7 Å². The fourth-order valence-electron chi connectivity index (χ4n) is 1.73. The Hall–Kier alpha value is -1.87. The lowest BCUT2D eigenvalue weighted by molar-refractivity contribution is 1.000. The van der Waals surface area contributed by atoms with Crippen molar-refractivity contribution in [1.82, 2.24) is 5.32 Å². The van der Waals surface area contributed by atoms with E-state index in [1.807, 2.05) is 31.2 Å². The van der Waals surface area contributed by atoms with Crippen molar-refractivity contribution in [2.75, 3.05) is 11.9 Å². The van der Waals surface area contributed by atoms with Crippen LogP contribution in [-0.2, 0) is 0 Å². The van der Waals surface area contributed by atoms with Crippen LogP contribution in [0.15, 0.2) is 54.6 Å². The Bertz CT molecular complexity index is 585. The van der Waals surface area contributed by atoms with Crippen molar-refractivity contribution in [3.8, 4) is 0 Å². The van der Waals surface area contributed by atoms with E-state index in [4.69, 9.17) is 12.2 Å². The number of benzene rings is 2. The zero-order valence-electron chi connectivity index (χ0n) is 10.4. The molecule has 2 rings (SSSR count). The summed E-state index contributed by atoms with van der Waals surface area (Å²) in [6, 6.07) is 14.4. The van der Waals surface area contributed by atoms with Gasteiger partial charge in [0.25, 0.3) is 0 Å². The van der Waals surface area contributed by atoms with Gasteiger partial charge in [0.2, 0.25) is 0 Å². The highest BCUT2D eigenvalue weighted by molar-refractivity contribution is 7.80. The molecule has 0 amide bonds. The molecule has 3 heteroatoms. The molecule has 0 bridgehead atoms. The molecule has 0 heterocycles. The molecule has 2 N–H and O–H groups in total. The summed E-state index contributed by atoms with van der Waals surface area (Å²) < 4.78 is 0. The molecule has 0 aliphatic rings. The molecule has 0 radical (unpaired) electrons. The highest BCUT2D eigenvalue weighted by atomic mass is 32.1. The maximum atomic E-state index is 5.25. The Morgan fingerprint density at radius 3 is 2.67 bits per heavy atom. The minimum Gasteiger partial charge on any atom is -0.359 e. The molecule has 0 fully saturated rings. The first-order valence-electron chi connectivity index (χ1n) is 5.84. The first-order valence-corrected chi connectivity index (χ1v) is 6.24. The van der Waals surface area contributed by atoms with Crippen LogP contribution < -0.4 is 10.6 Å². The molecule has 0 spiro atoms. The Morgan fingerprint density at radius 2 is 1.89 bits per heavy atom. The molecule has 92 valence electrons. The number of nitrogens with one attached hydrogen (secondary N) is 2. The van der Waals surface area contributed by atoms with Crippen molar-refractivity contribution in [3.63, 3.8) is 0 Å². The Balaban J connectivity index is 2.16. The molecule has 0 saturated heterocycles. The molecule has 0 aliphatic carbocycles. The smallest absolute Gasteiger partial charge is 0.171 e. The normalized spacial score (nSPS) is 10.1. The van der Waals surface area contributed by atoms with Crippen LogP contribution in [0.1, 0.15) is 6.92 Å². The number of hydrogen-bond acceptors (Lipinski definition) is 1. The van der Waals surface area contributed by atoms with E-state index in [0.29, 0.717) is 11.7 Å². The fourth-order valence-corrected chi connectivity index (χ4v) is 1.91. The molecule has 0 atom stereocenters. The van der Waals surface area contributed by atoms with Gasteiger partial charge in [-0.2, -0.15) is 0 Å². The van der Waals surface area contributed by atoms with Gasteiger partial charge in [-0.3, -0.25) is 0 Å². The third-order valence-corrected chi connectivity index (χ3v) is 2.83. The quantitative estimate of drug-likeness (QED) is 0.647. The van der Waals surface area contributed by atoms with E-state index in [2.05, 4.69) is 35.4 Å². The van der Waals surface area contributed by atoms with E-state index in [0.717, 1.165) is 11.3 Å². The van der Waals surface area contributed by atoms with Crippen molar-refractivity contribution >= 4 is 33.8 Å². The predicted octanol–water partition coefficient (Wildman–Crippen LogP) is 3.70. The highest BCUT2D eigenvalue weighted by Gasteiger charge is 2.01. The number of hydrogen-bond donors (Lipinski definition) is 2. The Kier molecular flexibility index (Phi) is 3.95. The molecule has 18 heavy (non-hydrogen) atoms. The second-order valence-electron chi connectivity index (χ2n) is 4.29. The lowest BCUT2D eigenvalue weighted by Crippen LogP contribution is -2.29. The van der Waals surface area contributed by atoms with Gasteiger partial charge < -0.3 is 10.6 Å². The summed E-state index contributed by atoms with van der Waals surface area (Å²) in [4.78, 5) is 0. The van der Waals surface area contributed by atoms with E-state index in [9.17, 15) is 0 Å². The molecule has 0 unspecified atom stereocenters. The number of rotatable bonds is 3. The van der Waals surface area contributed by atoms with Gasteiger partial charge >= 0.3 is 0 Å². The third-order valence-electron chi connectivity index (χ3n) is 2.59. The highest BCUT2D eigenvalue weighted by Crippen LogP contribution is 2.22. The van der Waals surface area contributed by atoms with Gasteiger partial charge in [0.15, 0.2) is 5.11 Å². The molecule has 2 nitrogen and oxygen atoms in total. The van der Waals surface area contributed by atoms with Crippen LogP contribution in [0.2, 0.25) is 0 Å². The fraction of sp³-hybridized carbons (Fsp3) is 0.133. The van der Waals surface area contributed by atoms with Crippen LogP contribution in [0.3, 0.4) is 0 Å². The molecule has 2 aromatic rings. The second-order valence-corrected chi connectivity index (χ2v) is 4.70. The maximum Gasteiger partial charge on any atom is 0.171 e. The lowest BCUT2D eigenvalue weighted by Gasteiger charge is -2.12. The number of thiocarbonyl (C=S) groups is 1. The predicted molar refractivity (Wildman–Crippen MR) is 83.0 cm³/mol. The van der Waals surface area contributed by atoms with Gasteiger partial charge in [-0.1, -0.05) is 48.6 Å². The standard InChI is InChI=1S/C15H16N2S/c1-11(2)10-16-15(18)17-14-9-5-7-12-6-3-4-8-13(12)14/h3-9H,1,10H2,2H3,(H2,16,17,18). The minimum atomic E-state index is 0.620. The Morgan fingerprint density at radius 1 is 1.17 bits per heavy atom. The van der Waals surface area contributed by atoms with E-state index < -0.39 is 0 Å². The molecule has 0 aliphatic heterocycles. The summed E-state index contributed by atoms with van der Waals surface area (Å²) in [5.74, 6) is 0. The zero-order chi connectivity index (χ0) is 13.0. The van der Waals surface area contributed by atoms with E-state index >= 15 is 0 Å². The average molecular weight is 256 g/mol. The lowest BCUT2D eigenvalue weighted by atomic mass is 10.1. The number of fused-ring (bicyclic) bond motifs is 1. The summed E-state index contributed by atoms with van der Waals surface area (Å²) >= 11 is 5.25. The summed E-state index contributed by atoms with van der Waals surface area (Å²) in [6.45, 7) is 6.49. The van der Waals surface area contributed by atoms with Crippen molar-refractivity contribution < 1.29 is 0 Å². The van der Waals surface area contributed by atoms with Gasteiger partial charge in [-0.25, -0.2) is 0 Å². The monoisotopic (exact) mass is 256 g/mol. The maximum absolute atomic E-state index is 5.25. The van der Waals surface area contributed by atoms with Crippen molar-refractivity contribution in [1.29, 1.82) is 0 Å². The van der Waals surface area contributed by atoms with Gasteiger partial charge in [0.05, 0.1) is 0 Å². The van der Waals surface area contributed by atoms with Gasteiger partial charge in [0, 0.05) is 17.6 Å². The van der Waals surface area contributed by atoms with Gasteiger partial charge in [-0.15, -0.1) is 0 Å². The second kappa shape index (κ2) is 5.65. The van der Waals surface area contributed by atoms with Gasteiger partial charge in [-0.05, 0) is 30.6 Å². The number of anilines is 1. The SMILES string of the molecule is C=C(C)CNC(=S)Nc1cccc2ccccc12. The van der Waals surface area contributed by atoms with Crippen molar-refractivity contribution in [2.24, 2.45) is 0 Å². The van der Waals surface area contributed by atoms with Crippen LogP contribution in [0, 0.1) is 0 Å². The first kappa shape index (κ1) is 12.6. The van der Waals surface area contributed by atoms with Crippen LogP contribution >= 0.6 is 12.2 Å². The van der Waals surface area contributed by atoms with Crippen LogP contribution in [0.25, 0.3) is 10.8 Å². The van der Waals surface area contributed by atoms with E-state index in [1.54, 1.807) is 0 Å². The largest absolute Gasteiger partial charge is 0.359 e. The van der Waals surface area contributed by atoms with Gasteiger partial charge in [0.1, 0.15) is 0 Å². The summed E-state index contributed by atoms with van der Waals surface area (Å²) in [5, 5.41) is 9.32. The first-order chi connectivity index (χ1) is 8.66. The minimum absolute atomic E-state index is 0.620. The topological polar surface area (TPSA) is 24.1 Å². The molecule has 2 aromatic carbocycles. The molecule has 0 aromatic heterocycles. The third kappa shape index (κ3) is 3.08. The summed E-state index contributed by atoms with van der Waals surface area (Å²) in [7, 11) is 0. The summed E-state index contributed by atoms with van der Waals surface area (Å²) in [6.07, 6.45) is 0.